The molecule has 0 saturated carbocycles. The largest absolute Gasteiger partial charge is 0.454 e. The van der Waals surface area contributed by atoms with Crippen LogP contribution in [-0.4, -0.2) is 49.0 Å². The van der Waals surface area contributed by atoms with E-state index in [1.54, 1.807) is 30.6 Å². The maximum absolute atomic E-state index is 14.4. The lowest BCUT2D eigenvalue weighted by molar-refractivity contribution is 0.0729. The van der Waals surface area contributed by atoms with E-state index in [0.717, 1.165) is 11.6 Å². The van der Waals surface area contributed by atoms with Crippen LogP contribution in [0.5, 0.6) is 11.5 Å². The molecule has 8 nitrogen and oxygen atoms in total. The van der Waals surface area contributed by atoms with Gasteiger partial charge in [0.25, 0.3) is 5.56 Å². The number of H-pyrrole nitrogens is 2. The fourth-order valence-corrected chi connectivity index (χ4v) is 5.80. The Labute approximate surface area is 205 Å². The van der Waals surface area contributed by atoms with Crippen LogP contribution in [0, 0.1) is 18.6 Å². The molecule has 1 aliphatic heterocycles. The number of benzene rings is 2. The number of ether oxygens (including phenoxy) is 2. The molecule has 188 valence electrons. The zero-order valence-electron chi connectivity index (χ0n) is 19.3. The van der Waals surface area contributed by atoms with E-state index in [2.05, 4.69) is 9.97 Å². The number of aromatic nitrogens is 2. The van der Waals surface area contributed by atoms with Gasteiger partial charge in [-0.05, 0) is 42.3 Å². The normalized spacial score (nSPS) is 14.9. The Morgan fingerprint density at radius 2 is 1.75 bits per heavy atom. The number of nitrogens with one attached hydrogen (secondary N) is 2. The van der Waals surface area contributed by atoms with Crippen molar-refractivity contribution >= 4 is 20.9 Å². The number of aryl methyl sites for hydroxylation is 1. The number of rotatable bonds is 6. The van der Waals surface area contributed by atoms with Crippen LogP contribution >= 0.6 is 0 Å². The molecule has 0 amide bonds. The Morgan fingerprint density at radius 3 is 2.50 bits per heavy atom. The highest BCUT2D eigenvalue weighted by atomic mass is 32.2. The smallest absolute Gasteiger partial charge is 0.272 e. The molecule has 0 aliphatic carbocycles. The standard InChI is InChI=1S/C25H23F2N3O5S/c1-15-12-29-25(31)24-23(15)19(13-28-24)18-10-16(14-36(32,33)30-6-8-34-9-7-30)2-4-21(18)35-22-5-3-17(26)11-20(22)27/h2-5,10-13,28H,6-9,14H2,1H3,(H,29,31). The minimum atomic E-state index is -3.61. The van der Waals surface area contributed by atoms with E-state index in [1.807, 2.05) is 6.92 Å². The molecule has 3 heterocycles. The van der Waals surface area contributed by atoms with Gasteiger partial charge in [0.2, 0.25) is 10.0 Å². The van der Waals surface area contributed by atoms with Crippen LogP contribution in [0.25, 0.3) is 22.0 Å². The van der Waals surface area contributed by atoms with Crippen LogP contribution in [0.2, 0.25) is 0 Å². The van der Waals surface area contributed by atoms with Gasteiger partial charge in [-0.25, -0.2) is 17.2 Å². The Bertz CT molecular complexity index is 1610. The van der Waals surface area contributed by atoms with E-state index in [9.17, 15) is 22.0 Å². The third-order valence-electron chi connectivity index (χ3n) is 6.08. The first-order valence-electron chi connectivity index (χ1n) is 11.2. The molecule has 0 radical (unpaired) electrons. The quantitative estimate of drug-likeness (QED) is 0.403. The van der Waals surface area contributed by atoms with Gasteiger partial charge in [-0.1, -0.05) is 6.07 Å². The number of nitrogens with zero attached hydrogens (tertiary/aromatic N) is 1. The Hall–Kier alpha value is -3.54. The molecule has 0 bridgehead atoms. The van der Waals surface area contributed by atoms with Crippen molar-refractivity contribution in [2.24, 2.45) is 0 Å². The van der Waals surface area contributed by atoms with Gasteiger partial charge in [-0.2, -0.15) is 4.31 Å². The highest BCUT2D eigenvalue weighted by molar-refractivity contribution is 7.88. The lowest BCUT2D eigenvalue weighted by atomic mass is 10.00. The van der Waals surface area contributed by atoms with Crippen molar-refractivity contribution in [2.75, 3.05) is 26.3 Å². The fraction of sp³-hybridized carbons (Fsp3) is 0.240. The summed E-state index contributed by atoms with van der Waals surface area (Å²) < 4.78 is 66.3. The number of pyridine rings is 1. The number of fused-ring (bicyclic) bond motifs is 1. The van der Waals surface area contributed by atoms with Crippen LogP contribution in [0.15, 0.2) is 53.6 Å². The maximum Gasteiger partial charge on any atom is 0.272 e. The van der Waals surface area contributed by atoms with Crippen LogP contribution in [0.4, 0.5) is 8.78 Å². The van der Waals surface area contributed by atoms with Crippen molar-refractivity contribution in [1.29, 1.82) is 0 Å². The molecule has 1 saturated heterocycles. The second-order valence-electron chi connectivity index (χ2n) is 8.53. The van der Waals surface area contributed by atoms with E-state index >= 15 is 0 Å². The molecule has 0 spiro atoms. The maximum atomic E-state index is 14.4. The Morgan fingerprint density at radius 1 is 1.00 bits per heavy atom. The van der Waals surface area contributed by atoms with Crippen LogP contribution in [-0.2, 0) is 20.5 Å². The SMILES string of the molecule is Cc1c[nH]c(=O)c2[nH]cc(-c3cc(CS(=O)(=O)N4CCOCC4)ccc3Oc3ccc(F)cc3F)c12. The van der Waals surface area contributed by atoms with Gasteiger partial charge in [0, 0.05) is 48.1 Å². The molecule has 0 unspecified atom stereocenters. The number of morpholine rings is 1. The number of sulfonamides is 1. The molecule has 2 aromatic carbocycles. The van der Waals surface area contributed by atoms with Crippen molar-refractivity contribution in [2.45, 2.75) is 12.7 Å². The summed E-state index contributed by atoms with van der Waals surface area (Å²) >= 11 is 0. The minimum Gasteiger partial charge on any atom is -0.454 e. The predicted molar refractivity (Wildman–Crippen MR) is 131 cm³/mol. The molecule has 1 aliphatic rings. The zero-order valence-corrected chi connectivity index (χ0v) is 20.1. The van der Waals surface area contributed by atoms with E-state index in [0.29, 0.717) is 46.9 Å². The summed E-state index contributed by atoms with van der Waals surface area (Å²) in [5.74, 6) is -1.86. The first-order valence-corrected chi connectivity index (χ1v) is 12.8. The molecule has 2 N–H and O–H groups in total. The molecule has 5 rings (SSSR count). The van der Waals surface area contributed by atoms with Crippen molar-refractivity contribution in [1.82, 2.24) is 14.3 Å². The molecule has 4 aromatic rings. The fourth-order valence-electron chi connectivity index (χ4n) is 4.31. The summed E-state index contributed by atoms with van der Waals surface area (Å²) in [7, 11) is -3.61. The molecule has 11 heteroatoms. The van der Waals surface area contributed by atoms with E-state index < -0.39 is 21.7 Å². The molecule has 1 fully saturated rings. The summed E-state index contributed by atoms with van der Waals surface area (Å²) in [5.41, 5.74) is 2.31. The van der Waals surface area contributed by atoms with Gasteiger partial charge in [0.1, 0.15) is 17.1 Å². The first-order chi connectivity index (χ1) is 17.2. The molecule has 0 atom stereocenters. The van der Waals surface area contributed by atoms with Gasteiger partial charge in [0.05, 0.1) is 19.0 Å². The van der Waals surface area contributed by atoms with Crippen LogP contribution in [0.3, 0.4) is 0 Å². The summed E-state index contributed by atoms with van der Waals surface area (Å²) in [6, 6.07) is 7.76. The third kappa shape index (κ3) is 4.64. The van der Waals surface area contributed by atoms with E-state index in [-0.39, 0.29) is 35.9 Å². The average molecular weight is 516 g/mol. The van der Waals surface area contributed by atoms with Crippen molar-refractivity contribution in [3.63, 3.8) is 0 Å². The number of hydrogen-bond donors (Lipinski definition) is 2. The predicted octanol–water partition coefficient (Wildman–Crippen LogP) is 4.06. The Kier molecular flexibility index (Phi) is 6.37. The highest BCUT2D eigenvalue weighted by Crippen LogP contribution is 2.39. The monoisotopic (exact) mass is 515 g/mol. The zero-order chi connectivity index (χ0) is 25.4. The second-order valence-corrected chi connectivity index (χ2v) is 10.5. The molecular weight excluding hydrogens is 492 g/mol. The molecule has 36 heavy (non-hydrogen) atoms. The average Bonchev–Trinajstić information content (AvgIpc) is 3.31. The van der Waals surface area contributed by atoms with Crippen molar-refractivity contribution < 1.29 is 26.7 Å². The number of aromatic amines is 2. The van der Waals surface area contributed by atoms with Gasteiger partial charge in [-0.3, -0.25) is 4.79 Å². The minimum absolute atomic E-state index is 0.194. The van der Waals surface area contributed by atoms with Gasteiger partial charge < -0.3 is 19.4 Å². The summed E-state index contributed by atoms with van der Waals surface area (Å²) in [4.78, 5) is 18.0. The molecule has 2 aromatic heterocycles. The van der Waals surface area contributed by atoms with E-state index in [1.165, 1.54) is 10.4 Å². The summed E-state index contributed by atoms with van der Waals surface area (Å²) in [5, 5.41) is 0.622. The summed E-state index contributed by atoms with van der Waals surface area (Å²) in [6.07, 6.45) is 3.20. The van der Waals surface area contributed by atoms with E-state index in [4.69, 9.17) is 9.47 Å². The highest BCUT2D eigenvalue weighted by Gasteiger charge is 2.26. The lowest BCUT2D eigenvalue weighted by Gasteiger charge is -2.26. The van der Waals surface area contributed by atoms with Gasteiger partial charge in [0.15, 0.2) is 11.6 Å². The number of halogens is 2. The van der Waals surface area contributed by atoms with Crippen molar-refractivity contribution in [3.8, 4) is 22.6 Å². The summed E-state index contributed by atoms with van der Waals surface area (Å²) in [6.45, 7) is 3.06. The van der Waals surface area contributed by atoms with Crippen LogP contribution in [0.1, 0.15) is 11.1 Å². The lowest BCUT2D eigenvalue weighted by Crippen LogP contribution is -2.41. The van der Waals surface area contributed by atoms with Gasteiger partial charge in [-0.15, -0.1) is 0 Å². The third-order valence-corrected chi connectivity index (χ3v) is 7.93. The van der Waals surface area contributed by atoms with Gasteiger partial charge >= 0.3 is 0 Å². The Balaban J connectivity index is 1.62. The topological polar surface area (TPSA) is 104 Å². The second kappa shape index (κ2) is 9.49. The van der Waals surface area contributed by atoms with Crippen LogP contribution < -0.4 is 10.3 Å². The first kappa shape index (κ1) is 24.2. The van der Waals surface area contributed by atoms with Crippen molar-refractivity contribution in [3.05, 3.63) is 81.9 Å². The molecular formula is C25H23F2N3O5S. The number of hydrogen-bond acceptors (Lipinski definition) is 5.